The Kier molecular flexibility index (Phi) is 20.5. The number of rotatable bonds is 34. The second-order valence-corrected chi connectivity index (χ2v) is 23.2. The van der Waals surface area contributed by atoms with Crippen LogP contribution < -0.4 is 4.74 Å². The lowest BCUT2D eigenvalue weighted by molar-refractivity contribution is -0.145. The van der Waals surface area contributed by atoms with Gasteiger partial charge in [-0.15, -0.1) is 20.4 Å². The van der Waals surface area contributed by atoms with Gasteiger partial charge in [0.2, 0.25) is 11.8 Å². The van der Waals surface area contributed by atoms with Crippen LogP contribution in [0.4, 0.5) is 0 Å². The number of unbranched alkanes of at least 4 members (excludes halogenated alkanes) is 14. The maximum atomic E-state index is 12.0. The molecular formula is C72H88N4O5. The number of nitrogens with zero attached hydrogens (tertiary/aromatic N) is 4. The predicted octanol–water partition coefficient (Wildman–Crippen LogP) is 20.1. The molecule has 426 valence electrons. The molecule has 0 fully saturated rings. The maximum Gasteiger partial charge on any atom is 0.306 e. The summed E-state index contributed by atoms with van der Waals surface area (Å²) in [5.41, 5.74) is 16.9. The van der Waals surface area contributed by atoms with Crippen molar-refractivity contribution in [3.05, 3.63) is 150 Å². The fourth-order valence-electron chi connectivity index (χ4n) is 13.2. The molecule has 5 aromatic carbocycles. The standard InChI is InChI=1S/C72H88N4O5/c1-8-14-16-22-26-44-72(45-27-23-17-15-9-2)64-49-54(53-33-39-59-58-38-30-51(7)47-62(58)71(42-10-3,43-11-4)63(59)48-53)34-40-60(64)61-41-35-55(50-65(61)72)68-74-76-70(81-68)69-75-73-67(80-69)52-31-36-57(37-32-52)78-46-28-24-20-18-19-21-25-29-66(77)79-56(12-5)13-6/h12-13,30-41,47-50,56H,5-6,8-11,14-29,42-46H2,1-4,7H3. The van der Waals surface area contributed by atoms with Crippen LogP contribution in [-0.4, -0.2) is 39.1 Å². The molecule has 7 aromatic rings. The molecule has 81 heavy (non-hydrogen) atoms. The van der Waals surface area contributed by atoms with E-state index in [4.69, 9.17) is 18.3 Å². The summed E-state index contributed by atoms with van der Waals surface area (Å²) >= 11 is 0. The molecule has 0 amide bonds. The van der Waals surface area contributed by atoms with Gasteiger partial charge in [0.1, 0.15) is 11.9 Å². The average Bonchev–Trinajstić information content (AvgIpc) is 4.14. The number of ether oxygens (including phenoxy) is 2. The quantitative estimate of drug-likeness (QED) is 0.0221. The molecule has 0 saturated heterocycles. The summed E-state index contributed by atoms with van der Waals surface area (Å²) in [7, 11) is 0. The molecule has 2 aliphatic carbocycles. The Morgan fingerprint density at radius 1 is 0.469 bits per heavy atom. The van der Waals surface area contributed by atoms with E-state index in [0.29, 0.717) is 24.8 Å². The highest BCUT2D eigenvalue weighted by molar-refractivity contribution is 5.88. The number of aromatic nitrogens is 4. The Labute approximate surface area is 483 Å². The number of hydrogen-bond donors (Lipinski definition) is 0. The lowest BCUT2D eigenvalue weighted by Gasteiger charge is -2.33. The van der Waals surface area contributed by atoms with Gasteiger partial charge in [-0.05, 0) is 162 Å². The van der Waals surface area contributed by atoms with E-state index in [0.717, 1.165) is 100 Å². The van der Waals surface area contributed by atoms with Crippen molar-refractivity contribution in [3.63, 3.8) is 0 Å². The lowest BCUT2D eigenvalue weighted by atomic mass is 9.69. The molecule has 0 unspecified atom stereocenters. The Morgan fingerprint density at radius 3 is 1.42 bits per heavy atom. The molecule has 0 bridgehead atoms. The monoisotopic (exact) mass is 1090 g/mol. The minimum atomic E-state index is -0.412. The number of aryl methyl sites for hydroxylation is 1. The molecule has 2 aliphatic rings. The fraction of sp³-hybridized carbons (Fsp3) is 0.458. The van der Waals surface area contributed by atoms with Gasteiger partial charge in [-0.3, -0.25) is 4.79 Å². The first-order valence-electron chi connectivity index (χ1n) is 31.1. The van der Waals surface area contributed by atoms with Crippen molar-refractivity contribution in [1.29, 1.82) is 0 Å². The number of hydrogen-bond acceptors (Lipinski definition) is 9. The van der Waals surface area contributed by atoms with Gasteiger partial charge in [-0.1, -0.05) is 204 Å². The molecule has 0 spiro atoms. The van der Waals surface area contributed by atoms with Crippen molar-refractivity contribution in [1.82, 2.24) is 20.4 Å². The van der Waals surface area contributed by atoms with Crippen LogP contribution in [0.2, 0.25) is 0 Å². The zero-order valence-corrected chi connectivity index (χ0v) is 49.4. The van der Waals surface area contributed by atoms with Crippen LogP contribution in [-0.2, 0) is 20.4 Å². The minimum absolute atomic E-state index is 0.0254. The summed E-state index contributed by atoms with van der Waals surface area (Å²) in [6.45, 7) is 19.5. The number of carbonyl (C=O) groups is 1. The Hall–Kier alpha value is -6.87. The average molecular weight is 1090 g/mol. The Balaban J connectivity index is 0.909. The Morgan fingerprint density at radius 2 is 0.889 bits per heavy atom. The molecule has 0 radical (unpaired) electrons. The zero-order valence-electron chi connectivity index (χ0n) is 49.4. The third kappa shape index (κ3) is 13.4. The van der Waals surface area contributed by atoms with Crippen molar-refractivity contribution >= 4 is 5.97 Å². The van der Waals surface area contributed by atoms with Crippen molar-refractivity contribution < 1.29 is 23.1 Å². The molecule has 0 N–H and O–H groups in total. The molecule has 0 atom stereocenters. The SMILES string of the molecule is C=CC(C=C)OC(=O)CCCCCCCCCOc1ccc(-c2nnc(-c3nnc(-c4ccc5c(c4)C(CCCCCCC)(CCCCCCC)c4cc(-c6ccc7c(c6)C(CCC)(CCC)c6cc(C)ccc6-7)ccc4-5)o3)o2)cc1. The number of benzene rings is 5. The number of esters is 1. The molecule has 2 heterocycles. The van der Waals surface area contributed by atoms with Crippen molar-refractivity contribution in [2.75, 3.05) is 6.61 Å². The largest absolute Gasteiger partial charge is 0.494 e. The van der Waals surface area contributed by atoms with Crippen LogP contribution in [0.25, 0.3) is 68.1 Å². The van der Waals surface area contributed by atoms with Gasteiger partial charge < -0.3 is 18.3 Å². The van der Waals surface area contributed by atoms with E-state index in [1.807, 2.05) is 24.3 Å². The minimum Gasteiger partial charge on any atom is -0.494 e. The van der Waals surface area contributed by atoms with Gasteiger partial charge in [0, 0.05) is 28.4 Å². The highest BCUT2D eigenvalue weighted by atomic mass is 16.5. The summed E-state index contributed by atoms with van der Waals surface area (Å²) in [5, 5.41) is 17.8. The first-order valence-corrected chi connectivity index (χ1v) is 31.1. The van der Waals surface area contributed by atoms with Gasteiger partial charge in [-0.25, -0.2) is 0 Å². The van der Waals surface area contributed by atoms with Crippen molar-refractivity contribution in [2.24, 2.45) is 0 Å². The van der Waals surface area contributed by atoms with E-state index in [-0.39, 0.29) is 28.6 Å². The maximum absolute atomic E-state index is 12.0. The third-order valence-corrected chi connectivity index (χ3v) is 17.4. The summed E-state index contributed by atoms with van der Waals surface area (Å²) in [5.74, 6) is 1.76. The van der Waals surface area contributed by atoms with Crippen LogP contribution in [0.1, 0.15) is 210 Å². The second-order valence-electron chi connectivity index (χ2n) is 23.2. The first-order chi connectivity index (χ1) is 39.7. The summed E-state index contributed by atoms with van der Waals surface area (Å²) in [4.78, 5) is 12.0. The number of carbonyl (C=O) groups excluding carboxylic acids is 1. The van der Waals surface area contributed by atoms with Crippen LogP contribution in [0.3, 0.4) is 0 Å². The molecule has 9 rings (SSSR count). The van der Waals surface area contributed by atoms with E-state index in [1.165, 1.54) is 125 Å². The van der Waals surface area contributed by atoms with Crippen LogP contribution >= 0.6 is 0 Å². The second kappa shape index (κ2) is 28.2. The van der Waals surface area contributed by atoms with Gasteiger partial charge in [-0.2, -0.15) is 0 Å². The van der Waals surface area contributed by atoms with Crippen LogP contribution in [0.5, 0.6) is 5.75 Å². The fourth-order valence-corrected chi connectivity index (χ4v) is 13.2. The predicted molar refractivity (Wildman–Crippen MR) is 330 cm³/mol. The molecule has 0 saturated carbocycles. The van der Waals surface area contributed by atoms with Gasteiger partial charge >= 0.3 is 17.8 Å². The van der Waals surface area contributed by atoms with E-state index in [2.05, 4.69) is 141 Å². The Bertz CT molecular complexity index is 3170. The molecule has 9 heteroatoms. The smallest absolute Gasteiger partial charge is 0.306 e. The van der Waals surface area contributed by atoms with Crippen LogP contribution in [0.15, 0.2) is 131 Å². The summed E-state index contributed by atoms with van der Waals surface area (Å²) in [6, 6.07) is 36.5. The third-order valence-electron chi connectivity index (χ3n) is 17.4. The summed E-state index contributed by atoms with van der Waals surface area (Å²) in [6.07, 6.45) is 29.6. The molecule has 9 nitrogen and oxygen atoms in total. The highest BCUT2D eigenvalue weighted by Crippen LogP contribution is 2.58. The van der Waals surface area contributed by atoms with E-state index >= 15 is 0 Å². The lowest BCUT2D eigenvalue weighted by Crippen LogP contribution is -2.26. The van der Waals surface area contributed by atoms with Gasteiger partial charge in [0.05, 0.1) is 6.61 Å². The van der Waals surface area contributed by atoms with E-state index in [1.54, 1.807) is 12.2 Å². The molecular weight excluding hydrogens is 1000 g/mol. The molecule has 2 aromatic heterocycles. The number of fused-ring (bicyclic) bond motifs is 6. The summed E-state index contributed by atoms with van der Waals surface area (Å²) < 4.78 is 24.0. The van der Waals surface area contributed by atoms with Crippen molar-refractivity contribution in [3.8, 4) is 73.8 Å². The topological polar surface area (TPSA) is 113 Å². The van der Waals surface area contributed by atoms with Crippen LogP contribution in [0, 0.1) is 6.92 Å². The first kappa shape index (κ1) is 58.8. The van der Waals surface area contributed by atoms with Crippen molar-refractivity contribution in [2.45, 2.75) is 206 Å². The van der Waals surface area contributed by atoms with E-state index < -0.39 is 6.10 Å². The zero-order chi connectivity index (χ0) is 56.6. The molecule has 0 aliphatic heterocycles. The van der Waals surface area contributed by atoms with E-state index in [9.17, 15) is 4.79 Å². The van der Waals surface area contributed by atoms with Gasteiger partial charge in [0.25, 0.3) is 0 Å². The highest BCUT2D eigenvalue weighted by Gasteiger charge is 2.44. The normalized spacial score (nSPS) is 13.5. The van der Waals surface area contributed by atoms with Gasteiger partial charge in [0.15, 0.2) is 0 Å².